The van der Waals surface area contributed by atoms with E-state index in [1.165, 1.54) is 56.5 Å². The molecule has 1 amide bonds. The Bertz CT molecular complexity index is 1910. The van der Waals surface area contributed by atoms with Gasteiger partial charge in [0.1, 0.15) is 19.3 Å². The van der Waals surface area contributed by atoms with Gasteiger partial charge in [-0.3, -0.25) is 30.4 Å². The molecular formula is C38H48FN3O18. The molecule has 22 heteroatoms. The van der Waals surface area contributed by atoms with E-state index in [0.29, 0.717) is 17.6 Å². The largest absolute Gasteiger partial charge is 0.493 e. The van der Waals surface area contributed by atoms with Crippen molar-refractivity contribution in [2.24, 2.45) is 22.7 Å². The number of Topliss-reactive ketones (excluding diaryl/α,β-unsaturated/α-hetero) is 1. The van der Waals surface area contributed by atoms with Gasteiger partial charge in [-0.1, -0.05) is 24.6 Å². The van der Waals surface area contributed by atoms with E-state index < -0.39 is 113 Å². The van der Waals surface area contributed by atoms with E-state index in [-0.39, 0.29) is 43.2 Å². The number of hydrogen-bond acceptors (Lipinski definition) is 20. The number of nitrogens with zero attached hydrogens (tertiary/aromatic N) is 2. The van der Waals surface area contributed by atoms with Crippen molar-refractivity contribution >= 4 is 35.7 Å². The number of carbonyl (C=O) groups is 5. The zero-order valence-electron chi connectivity index (χ0n) is 32.8. The third kappa shape index (κ3) is 9.13. The number of carbonyl (C=O) groups excluding carboxylic acids is 5. The van der Waals surface area contributed by atoms with E-state index in [0.717, 1.165) is 6.08 Å². The maximum atomic E-state index is 17.3. The molecule has 330 valence electrons. The first-order valence-electron chi connectivity index (χ1n) is 18.7. The van der Waals surface area contributed by atoms with E-state index in [9.17, 15) is 39.3 Å². The van der Waals surface area contributed by atoms with E-state index in [4.69, 9.17) is 39.8 Å². The highest BCUT2D eigenvalue weighted by atomic mass is 19.1. The number of aliphatic hydroxyl groups excluding tert-OH is 2. The Kier molecular flexibility index (Phi) is 14.3. The van der Waals surface area contributed by atoms with E-state index >= 15 is 4.39 Å². The molecule has 0 spiro atoms. The second-order valence-electron chi connectivity index (χ2n) is 15.3. The molecule has 1 aromatic rings. The lowest BCUT2D eigenvalue weighted by atomic mass is 9.44. The van der Waals surface area contributed by atoms with E-state index in [1.807, 2.05) is 0 Å². The number of allylic oxidation sites excluding steroid dienone is 4. The van der Waals surface area contributed by atoms with E-state index in [1.54, 1.807) is 6.92 Å². The maximum absolute atomic E-state index is 17.3. The number of amides is 1. The van der Waals surface area contributed by atoms with Gasteiger partial charge >= 0.3 is 18.0 Å². The number of benzene rings is 1. The average molecular weight is 854 g/mol. The number of aliphatic hydroxyl groups is 3. The normalized spacial score (nSPS) is 31.2. The second-order valence-corrected chi connectivity index (χ2v) is 15.3. The van der Waals surface area contributed by atoms with Gasteiger partial charge in [0.2, 0.25) is 5.78 Å². The number of fused-ring (bicyclic) bond motifs is 5. The number of rotatable bonds is 17. The summed E-state index contributed by atoms with van der Waals surface area (Å²) in [6.07, 6.45) is 0.480. The first-order valence-corrected chi connectivity index (χ1v) is 18.7. The number of ether oxygens (including phenoxy) is 4. The highest BCUT2D eigenvalue weighted by Gasteiger charge is 2.76. The van der Waals surface area contributed by atoms with Crippen LogP contribution in [-0.2, 0) is 38.3 Å². The van der Waals surface area contributed by atoms with Gasteiger partial charge in [0.15, 0.2) is 35.2 Å². The van der Waals surface area contributed by atoms with Crippen molar-refractivity contribution in [1.82, 2.24) is 16.1 Å². The van der Waals surface area contributed by atoms with Crippen molar-refractivity contribution in [2.75, 3.05) is 33.5 Å². The summed E-state index contributed by atoms with van der Waals surface area (Å²) in [5.74, 6) is -4.88. The molecular weight excluding hydrogens is 805 g/mol. The molecule has 1 aromatic carbocycles. The molecule has 21 nitrogen and oxygen atoms in total. The van der Waals surface area contributed by atoms with Crippen molar-refractivity contribution < 1.29 is 93.1 Å². The van der Waals surface area contributed by atoms with Crippen LogP contribution in [0.3, 0.4) is 0 Å². The second kappa shape index (κ2) is 18.5. The van der Waals surface area contributed by atoms with Crippen LogP contribution in [0.25, 0.3) is 6.08 Å². The first kappa shape index (κ1) is 46.3. The summed E-state index contributed by atoms with van der Waals surface area (Å²) in [6, 6.07) is 4.17. The summed E-state index contributed by atoms with van der Waals surface area (Å²) in [5.41, 5.74) is -6.71. The molecule has 5 rings (SSSR count). The molecule has 60 heavy (non-hydrogen) atoms. The molecule has 4 aliphatic carbocycles. The first-order chi connectivity index (χ1) is 28.2. The molecule has 0 aromatic heterocycles. The van der Waals surface area contributed by atoms with Gasteiger partial charge in [0.05, 0.1) is 36.7 Å². The van der Waals surface area contributed by atoms with E-state index in [2.05, 4.69) is 15.0 Å². The van der Waals surface area contributed by atoms with Crippen LogP contribution in [0.4, 0.5) is 9.18 Å². The standard InChI is InChI=1S/C38H48FN3O18/c1-35-12-10-23(43)15-22(35)6-7-25-26-16-29(44)38(50,36(26,2)17-30(45)37(25,35)39)31(46)20-57-34(49)40-18-33(48)59-27-8-4-21(14-28(27)55-3)5-9-32(47)56-13-11-24(60-42(53)54)19-58-41(51)52/h4-5,8-10,12,14-15,24-26,29-30,44-45,50-54H,6-7,11,13,16-20H2,1-3H3,(H,40,49)/b9-5+/t24?,25-,26-,29+,30-,35-,36-,37-,38-/m0/s1. The molecule has 0 radical (unpaired) electrons. The Balaban J connectivity index is 1.11. The zero-order valence-corrected chi connectivity index (χ0v) is 32.8. The lowest BCUT2D eigenvalue weighted by Crippen LogP contribution is -2.69. The minimum Gasteiger partial charge on any atom is -0.493 e. The number of halogens is 1. The lowest BCUT2D eigenvalue weighted by Gasteiger charge is -2.62. The molecule has 0 heterocycles. The van der Waals surface area contributed by atoms with Gasteiger partial charge in [0, 0.05) is 29.2 Å². The monoisotopic (exact) mass is 853 g/mol. The smallest absolute Gasteiger partial charge is 0.408 e. The predicted molar refractivity (Wildman–Crippen MR) is 194 cm³/mol. The Labute approximate surface area is 341 Å². The number of nitrogens with one attached hydrogen (secondary N) is 1. The third-order valence-electron chi connectivity index (χ3n) is 12.1. The van der Waals surface area contributed by atoms with Crippen molar-refractivity contribution in [3.8, 4) is 11.5 Å². The molecule has 0 bridgehead atoms. The van der Waals surface area contributed by atoms with Crippen LogP contribution >= 0.6 is 0 Å². The summed E-state index contributed by atoms with van der Waals surface area (Å²) in [6.45, 7) is 0.462. The molecule has 8 N–H and O–H groups in total. The zero-order chi connectivity index (χ0) is 44.2. The quantitative estimate of drug-likeness (QED) is 0.0474. The topological polar surface area (TPSA) is 301 Å². The summed E-state index contributed by atoms with van der Waals surface area (Å²) in [7, 11) is 1.27. The molecule has 3 fully saturated rings. The summed E-state index contributed by atoms with van der Waals surface area (Å²) in [5, 5.41) is 70.2. The van der Waals surface area contributed by atoms with Gasteiger partial charge in [-0.25, -0.2) is 28.4 Å². The van der Waals surface area contributed by atoms with Crippen LogP contribution in [0.2, 0.25) is 0 Å². The highest BCUT2D eigenvalue weighted by molar-refractivity contribution is 6.01. The summed E-state index contributed by atoms with van der Waals surface area (Å²) < 4.78 is 37.8. The Morgan fingerprint density at radius 2 is 1.77 bits per heavy atom. The molecule has 3 saturated carbocycles. The molecule has 9 atom stereocenters. The van der Waals surface area contributed by atoms with Crippen LogP contribution < -0.4 is 14.8 Å². The van der Waals surface area contributed by atoms with Crippen molar-refractivity contribution in [1.29, 1.82) is 0 Å². The Morgan fingerprint density at radius 1 is 1.03 bits per heavy atom. The van der Waals surface area contributed by atoms with Crippen LogP contribution in [0.15, 0.2) is 48.1 Å². The number of ketones is 2. The highest BCUT2D eigenvalue weighted by Crippen LogP contribution is 2.69. The fourth-order valence-electron chi connectivity index (χ4n) is 9.15. The van der Waals surface area contributed by atoms with Gasteiger partial charge in [-0.15, -0.1) is 0 Å². The van der Waals surface area contributed by atoms with Crippen molar-refractivity contribution in [2.45, 2.75) is 75.5 Å². The molecule has 4 aliphatic rings. The lowest BCUT2D eigenvalue weighted by molar-refractivity contribution is -0.527. The average Bonchev–Trinajstić information content (AvgIpc) is 3.39. The minimum absolute atomic E-state index is 0.0453. The fraction of sp³-hybridized carbons (Fsp3) is 0.553. The van der Waals surface area contributed by atoms with Crippen LogP contribution in [0.1, 0.15) is 51.5 Å². The number of alkyl carbamates (subject to hydrolysis) is 1. The molecule has 0 saturated heterocycles. The third-order valence-corrected chi connectivity index (χ3v) is 12.1. The number of hydrogen-bond donors (Lipinski definition) is 8. The fourth-order valence-corrected chi connectivity index (χ4v) is 9.15. The molecule has 1 unspecified atom stereocenters. The predicted octanol–water partition coefficient (Wildman–Crippen LogP) is 1.31. The van der Waals surface area contributed by atoms with Crippen LogP contribution in [-0.4, -0.2) is 140 Å². The summed E-state index contributed by atoms with van der Waals surface area (Å²) in [4.78, 5) is 71.8. The number of methoxy groups -OCH3 is 1. The van der Waals surface area contributed by atoms with Crippen LogP contribution in [0, 0.1) is 22.7 Å². The Hall–Kier alpha value is -4.72. The Morgan fingerprint density at radius 3 is 2.45 bits per heavy atom. The summed E-state index contributed by atoms with van der Waals surface area (Å²) >= 11 is 0. The van der Waals surface area contributed by atoms with Gasteiger partial charge in [0.25, 0.3) is 0 Å². The minimum atomic E-state index is -2.53. The van der Waals surface area contributed by atoms with Crippen LogP contribution in [0.5, 0.6) is 11.5 Å². The SMILES string of the molecule is COc1cc(/C=C/C(=O)OCCC(CON(O)O)ON(O)O)ccc1OC(=O)CNC(=O)OCC(=O)[C@@]1(O)[C@H](O)C[C@H]2[C@@H]3CCC4=CC(=O)C=C[C@]4(C)[C@@]3(F)[C@@H](O)C[C@@]21C. The molecule has 0 aliphatic heterocycles. The van der Waals surface area contributed by atoms with Crippen molar-refractivity contribution in [3.05, 3.63) is 53.6 Å². The van der Waals surface area contributed by atoms with Gasteiger partial charge < -0.3 is 39.6 Å². The van der Waals surface area contributed by atoms with Gasteiger partial charge in [-0.2, -0.15) is 0 Å². The number of alkyl halides is 1. The maximum Gasteiger partial charge on any atom is 0.408 e. The van der Waals surface area contributed by atoms with Gasteiger partial charge in [-0.05, 0) is 74.4 Å². The number of esters is 2. The van der Waals surface area contributed by atoms with Crippen molar-refractivity contribution in [3.63, 3.8) is 0 Å².